The molecular formula is C34H49N7O4. The molecule has 0 heterocycles. The van der Waals surface area contributed by atoms with E-state index in [1.807, 2.05) is 88.4 Å². The number of nitrogens with one attached hydrogen (secondary N) is 4. The van der Waals surface area contributed by atoms with Crippen molar-refractivity contribution in [3.63, 3.8) is 0 Å². The highest BCUT2D eigenvalue weighted by atomic mass is 16.2. The van der Waals surface area contributed by atoms with Crippen LogP contribution in [0.15, 0.2) is 71.7 Å². The second kappa shape index (κ2) is 19.6. The summed E-state index contributed by atoms with van der Waals surface area (Å²) < 4.78 is 0. The van der Waals surface area contributed by atoms with Gasteiger partial charge in [0, 0.05) is 25.2 Å². The number of nitrogens with zero attached hydrogens (tertiary/aromatic N) is 1. The zero-order valence-corrected chi connectivity index (χ0v) is 26.8. The van der Waals surface area contributed by atoms with Crippen LogP contribution in [-0.4, -0.2) is 60.8 Å². The summed E-state index contributed by atoms with van der Waals surface area (Å²) in [6, 6.07) is 16.6. The Morgan fingerprint density at radius 1 is 0.822 bits per heavy atom. The maximum absolute atomic E-state index is 13.5. The zero-order chi connectivity index (χ0) is 33.2. The number of carbonyl (C=O) groups excluding carboxylic acids is 4. The van der Waals surface area contributed by atoms with Crippen molar-refractivity contribution in [2.75, 3.05) is 13.1 Å². The Labute approximate surface area is 266 Å². The van der Waals surface area contributed by atoms with Gasteiger partial charge in [-0.25, -0.2) is 0 Å². The molecule has 0 radical (unpaired) electrons. The van der Waals surface area contributed by atoms with Crippen LogP contribution < -0.4 is 32.7 Å². The highest BCUT2D eigenvalue weighted by molar-refractivity contribution is 5.93. The van der Waals surface area contributed by atoms with Crippen LogP contribution in [-0.2, 0) is 25.6 Å². The lowest BCUT2D eigenvalue weighted by molar-refractivity contribution is -0.132. The van der Waals surface area contributed by atoms with Crippen molar-refractivity contribution < 1.29 is 19.2 Å². The number of guanidine groups is 1. The SMILES string of the molecule is CC(C)C[C@H](NC(=O)[C@@H](CCCN=C(N)N)NC(=O)Cc1ccccc1)C(=O)N[C@H](CNC(=O)C=Cc1ccccc1)C(C)C. The van der Waals surface area contributed by atoms with E-state index in [4.69, 9.17) is 11.5 Å². The Morgan fingerprint density at radius 3 is 2.04 bits per heavy atom. The number of carbonyl (C=O) groups is 4. The number of aliphatic imine (C=N–C) groups is 1. The van der Waals surface area contributed by atoms with Crippen molar-refractivity contribution in [3.05, 3.63) is 77.9 Å². The van der Waals surface area contributed by atoms with Crippen LogP contribution in [0.25, 0.3) is 6.08 Å². The standard InChI is InChI=1S/C34H49N7O4/c1-23(2)20-28(33(45)41-29(24(3)4)22-38-30(42)18-17-25-12-7-5-8-13-25)40-32(44)27(16-11-19-37-34(35)36)39-31(43)21-26-14-9-6-10-15-26/h5-10,12-15,17-18,23-24,27-29H,11,16,19-22H2,1-4H3,(H,38,42)(H,39,43)(H,40,44)(H,41,45)(H4,35,36,37)/t27-,28+,29-/m1/s1. The molecule has 2 rings (SSSR count). The fourth-order valence-corrected chi connectivity index (χ4v) is 4.52. The minimum atomic E-state index is -0.894. The molecule has 0 aliphatic rings. The highest BCUT2D eigenvalue weighted by Gasteiger charge is 2.29. The average Bonchev–Trinajstić information content (AvgIpc) is 2.99. The van der Waals surface area contributed by atoms with E-state index in [2.05, 4.69) is 26.3 Å². The minimum Gasteiger partial charge on any atom is -0.370 e. The molecule has 11 heteroatoms. The topological polar surface area (TPSA) is 181 Å². The summed E-state index contributed by atoms with van der Waals surface area (Å²) in [4.78, 5) is 56.3. The molecule has 0 aromatic heterocycles. The van der Waals surface area contributed by atoms with E-state index < -0.39 is 18.0 Å². The van der Waals surface area contributed by atoms with Crippen molar-refractivity contribution in [2.45, 2.75) is 71.5 Å². The molecule has 0 spiro atoms. The number of hydrogen-bond donors (Lipinski definition) is 6. The molecule has 3 atom stereocenters. The van der Waals surface area contributed by atoms with Gasteiger partial charge in [0.15, 0.2) is 5.96 Å². The lowest BCUT2D eigenvalue weighted by Gasteiger charge is -2.28. The zero-order valence-electron chi connectivity index (χ0n) is 26.8. The minimum absolute atomic E-state index is 0.00307. The molecule has 244 valence electrons. The first-order valence-electron chi connectivity index (χ1n) is 15.4. The monoisotopic (exact) mass is 619 g/mol. The molecule has 2 aromatic carbocycles. The largest absolute Gasteiger partial charge is 0.370 e. The van der Waals surface area contributed by atoms with E-state index in [0.29, 0.717) is 19.4 Å². The van der Waals surface area contributed by atoms with Crippen molar-refractivity contribution in [1.29, 1.82) is 0 Å². The first-order chi connectivity index (χ1) is 21.4. The number of hydrogen-bond acceptors (Lipinski definition) is 5. The third-order valence-electron chi connectivity index (χ3n) is 7.00. The van der Waals surface area contributed by atoms with Crippen molar-refractivity contribution >= 4 is 35.7 Å². The predicted octanol–water partition coefficient (Wildman–Crippen LogP) is 2.27. The third-order valence-corrected chi connectivity index (χ3v) is 7.00. The molecule has 2 aromatic rings. The number of amides is 4. The van der Waals surface area contributed by atoms with E-state index in [9.17, 15) is 19.2 Å². The van der Waals surface area contributed by atoms with Crippen LogP contribution in [0.5, 0.6) is 0 Å². The Balaban J connectivity index is 2.08. The van der Waals surface area contributed by atoms with Gasteiger partial charge in [-0.1, -0.05) is 88.4 Å². The van der Waals surface area contributed by atoms with Gasteiger partial charge in [-0.15, -0.1) is 0 Å². The Kier molecular flexibility index (Phi) is 15.9. The lowest BCUT2D eigenvalue weighted by Crippen LogP contribution is -2.57. The van der Waals surface area contributed by atoms with Gasteiger partial charge in [-0.3, -0.25) is 24.2 Å². The summed E-state index contributed by atoms with van der Waals surface area (Å²) in [6.07, 6.45) is 4.38. The molecule has 8 N–H and O–H groups in total. The number of nitrogens with two attached hydrogens (primary N) is 2. The first-order valence-corrected chi connectivity index (χ1v) is 15.4. The van der Waals surface area contributed by atoms with Gasteiger partial charge in [0.2, 0.25) is 23.6 Å². The molecule has 4 amide bonds. The summed E-state index contributed by atoms with van der Waals surface area (Å²) >= 11 is 0. The van der Waals surface area contributed by atoms with E-state index in [-0.39, 0.29) is 60.9 Å². The second-order valence-electron chi connectivity index (χ2n) is 11.8. The van der Waals surface area contributed by atoms with Gasteiger partial charge in [0.05, 0.1) is 6.42 Å². The molecule has 0 aliphatic heterocycles. The quantitative estimate of drug-likeness (QED) is 0.0644. The van der Waals surface area contributed by atoms with Crippen molar-refractivity contribution in [3.8, 4) is 0 Å². The van der Waals surface area contributed by atoms with Gasteiger partial charge in [0.1, 0.15) is 12.1 Å². The molecule has 11 nitrogen and oxygen atoms in total. The molecule has 0 unspecified atom stereocenters. The Bertz CT molecular complexity index is 1280. The fourth-order valence-electron chi connectivity index (χ4n) is 4.52. The molecule has 0 aliphatic carbocycles. The van der Waals surface area contributed by atoms with E-state index in [0.717, 1.165) is 11.1 Å². The van der Waals surface area contributed by atoms with Crippen LogP contribution in [0.4, 0.5) is 0 Å². The van der Waals surface area contributed by atoms with Crippen molar-refractivity contribution in [1.82, 2.24) is 21.3 Å². The molecule has 0 saturated heterocycles. The summed E-state index contributed by atoms with van der Waals surface area (Å²) in [5.74, 6) is -1.38. The van der Waals surface area contributed by atoms with Crippen molar-refractivity contribution in [2.24, 2.45) is 28.3 Å². The maximum atomic E-state index is 13.5. The average molecular weight is 620 g/mol. The molecule has 0 saturated carbocycles. The summed E-state index contributed by atoms with van der Waals surface area (Å²) in [5, 5.41) is 11.5. The van der Waals surface area contributed by atoms with Crippen LogP contribution in [0.1, 0.15) is 58.1 Å². The van der Waals surface area contributed by atoms with Gasteiger partial charge in [0.25, 0.3) is 0 Å². The molecule has 0 bridgehead atoms. The van der Waals surface area contributed by atoms with Crippen LogP contribution >= 0.6 is 0 Å². The van der Waals surface area contributed by atoms with E-state index in [1.165, 1.54) is 6.08 Å². The third kappa shape index (κ3) is 15.1. The summed E-state index contributed by atoms with van der Waals surface area (Å²) in [7, 11) is 0. The number of benzene rings is 2. The highest BCUT2D eigenvalue weighted by Crippen LogP contribution is 2.10. The van der Waals surface area contributed by atoms with Gasteiger partial charge >= 0.3 is 0 Å². The Hall–Kier alpha value is -4.67. The van der Waals surface area contributed by atoms with Crippen LogP contribution in [0, 0.1) is 11.8 Å². The normalized spacial score (nSPS) is 13.1. The molecular weight excluding hydrogens is 570 g/mol. The molecule has 45 heavy (non-hydrogen) atoms. The van der Waals surface area contributed by atoms with E-state index >= 15 is 0 Å². The first kappa shape index (κ1) is 36.5. The smallest absolute Gasteiger partial charge is 0.244 e. The predicted molar refractivity (Wildman–Crippen MR) is 179 cm³/mol. The lowest BCUT2D eigenvalue weighted by atomic mass is 9.99. The summed E-state index contributed by atoms with van der Waals surface area (Å²) in [6.45, 7) is 8.31. The fraction of sp³-hybridized carbons (Fsp3) is 0.441. The maximum Gasteiger partial charge on any atom is 0.244 e. The van der Waals surface area contributed by atoms with Gasteiger partial charge in [-0.05, 0) is 48.3 Å². The Morgan fingerprint density at radius 2 is 1.44 bits per heavy atom. The second-order valence-corrected chi connectivity index (χ2v) is 11.8. The molecule has 0 fully saturated rings. The van der Waals surface area contributed by atoms with E-state index in [1.54, 1.807) is 6.08 Å². The summed E-state index contributed by atoms with van der Waals surface area (Å²) in [5.41, 5.74) is 12.6. The van der Waals surface area contributed by atoms with Gasteiger partial charge in [-0.2, -0.15) is 0 Å². The number of rotatable bonds is 18. The van der Waals surface area contributed by atoms with Crippen LogP contribution in [0.3, 0.4) is 0 Å². The van der Waals surface area contributed by atoms with Crippen LogP contribution in [0.2, 0.25) is 0 Å². The van der Waals surface area contributed by atoms with Gasteiger partial charge < -0.3 is 32.7 Å².